The number of hydrogen-bond acceptors (Lipinski definition) is 6. The lowest BCUT2D eigenvalue weighted by Gasteiger charge is -2.38. The summed E-state index contributed by atoms with van der Waals surface area (Å²) in [5.74, 6) is -0.214. The van der Waals surface area contributed by atoms with Gasteiger partial charge >= 0.3 is 0 Å². The van der Waals surface area contributed by atoms with Crippen LogP contribution in [0.5, 0.6) is 0 Å². The fourth-order valence-electron chi connectivity index (χ4n) is 4.94. The standard InChI is InChI=1S/C27H31Cl2N3O4/c1-27(2)12-20-25(22(33)13-27)26(17-10-9-16(28)11-18(17)29)32(21-8-6-5-7-19(21)31-20)15-23(34)30-14-24(35-3)36-4/h5-11,24,26,31H,12-15H2,1-4H3,(H,30,34). The number of benzene rings is 2. The second-order valence-corrected chi connectivity index (χ2v) is 10.7. The Hall–Kier alpha value is -2.58. The second kappa shape index (κ2) is 10.8. The summed E-state index contributed by atoms with van der Waals surface area (Å²) in [6.45, 7) is 4.35. The Balaban J connectivity index is 1.85. The molecule has 4 rings (SSSR count). The molecular weight excluding hydrogens is 501 g/mol. The van der Waals surface area contributed by atoms with Crippen molar-refractivity contribution in [3.05, 3.63) is 69.3 Å². The van der Waals surface area contributed by atoms with Crippen molar-refractivity contribution in [1.82, 2.24) is 5.32 Å². The molecule has 0 saturated carbocycles. The van der Waals surface area contributed by atoms with E-state index < -0.39 is 12.3 Å². The van der Waals surface area contributed by atoms with Crippen LogP contribution in [0.4, 0.5) is 11.4 Å². The molecule has 1 heterocycles. The molecule has 2 N–H and O–H groups in total. The van der Waals surface area contributed by atoms with Crippen LogP contribution in [0.3, 0.4) is 0 Å². The first-order valence-corrected chi connectivity index (χ1v) is 12.6. The van der Waals surface area contributed by atoms with Crippen molar-refractivity contribution in [3.63, 3.8) is 0 Å². The first kappa shape index (κ1) is 26.5. The number of allylic oxidation sites excluding steroid dienone is 1. The minimum absolute atomic E-state index is 0.0179. The molecule has 1 aliphatic carbocycles. The molecule has 2 aromatic carbocycles. The number of para-hydroxylation sites is 2. The summed E-state index contributed by atoms with van der Waals surface area (Å²) in [7, 11) is 3.03. The van der Waals surface area contributed by atoms with Gasteiger partial charge in [0, 0.05) is 42.0 Å². The summed E-state index contributed by atoms with van der Waals surface area (Å²) in [5.41, 5.74) is 3.59. The van der Waals surface area contributed by atoms with E-state index >= 15 is 0 Å². The first-order chi connectivity index (χ1) is 17.1. The lowest BCUT2D eigenvalue weighted by atomic mass is 9.73. The van der Waals surface area contributed by atoms with Crippen molar-refractivity contribution in [3.8, 4) is 0 Å². The van der Waals surface area contributed by atoms with E-state index in [1.165, 1.54) is 14.2 Å². The molecule has 0 fully saturated rings. The fraction of sp³-hybridized carbons (Fsp3) is 0.407. The minimum atomic E-state index is -0.587. The molecule has 1 unspecified atom stereocenters. The molecule has 0 radical (unpaired) electrons. The Morgan fingerprint density at radius 2 is 1.89 bits per heavy atom. The Bertz CT molecular complexity index is 1190. The number of ether oxygens (including phenoxy) is 2. The van der Waals surface area contributed by atoms with Gasteiger partial charge in [0.05, 0.1) is 30.5 Å². The number of halogens is 2. The van der Waals surface area contributed by atoms with Crippen molar-refractivity contribution >= 4 is 46.3 Å². The van der Waals surface area contributed by atoms with Gasteiger partial charge in [0.15, 0.2) is 12.1 Å². The van der Waals surface area contributed by atoms with Gasteiger partial charge in [-0.3, -0.25) is 9.59 Å². The van der Waals surface area contributed by atoms with Crippen LogP contribution >= 0.6 is 23.2 Å². The van der Waals surface area contributed by atoms with Crippen LogP contribution in [0.1, 0.15) is 38.3 Å². The number of nitrogens with one attached hydrogen (secondary N) is 2. The number of hydrogen-bond donors (Lipinski definition) is 2. The summed E-state index contributed by atoms with van der Waals surface area (Å²) in [4.78, 5) is 28.8. The van der Waals surface area contributed by atoms with E-state index in [9.17, 15) is 9.59 Å². The highest BCUT2D eigenvalue weighted by Gasteiger charge is 2.42. The molecule has 1 amide bonds. The molecule has 9 heteroatoms. The zero-order valence-electron chi connectivity index (χ0n) is 20.9. The molecule has 1 aliphatic heterocycles. The number of carbonyl (C=O) groups is 2. The number of Topliss-reactive ketones (excluding diaryl/α,β-unsaturated/α-hetero) is 1. The highest BCUT2D eigenvalue weighted by Crippen LogP contribution is 2.49. The zero-order chi connectivity index (χ0) is 26.0. The van der Waals surface area contributed by atoms with Crippen molar-refractivity contribution in [2.24, 2.45) is 5.41 Å². The predicted molar refractivity (Wildman–Crippen MR) is 142 cm³/mol. The van der Waals surface area contributed by atoms with Crippen LogP contribution in [0, 0.1) is 5.41 Å². The number of rotatable bonds is 7. The van der Waals surface area contributed by atoms with Crippen LogP contribution < -0.4 is 15.5 Å². The molecule has 1 atom stereocenters. The number of fused-ring (bicyclic) bond motifs is 1. The van der Waals surface area contributed by atoms with Gasteiger partial charge in [0.25, 0.3) is 0 Å². The third-order valence-corrected chi connectivity index (χ3v) is 7.13. The third kappa shape index (κ3) is 5.54. The molecule has 0 saturated heterocycles. The monoisotopic (exact) mass is 531 g/mol. The van der Waals surface area contributed by atoms with Gasteiger partial charge in [-0.1, -0.05) is 55.2 Å². The Labute approximate surface area is 221 Å². The van der Waals surface area contributed by atoms with Crippen molar-refractivity contribution in [2.45, 2.75) is 39.0 Å². The maximum Gasteiger partial charge on any atom is 0.239 e. The zero-order valence-corrected chi connectivity index (χ0v) is 22.4. The van der Waals surface area contributed by atoms with Crippen LogP contribution in [0.2, 0.25) is 10.0 Å². The van der Waals surface area contributed by atoms with Gasteiger partial charge in [-0.05, 0) is 41.7 Å². The molecule has 7 nitrogen and oxygen atoms in total. The summed E-state index contributed by atoms with van der Waals surface area (Å²) < 4.78 is 10.4. The van der Waals surface area contributed by atoms with Gasteiger partial charge in [0.2, 0.25) is 5.91 Å². The normalized spacial score (nSPS) is 18.9. The number of amides is 1. The van der Waals surface area contributed by atoms with E-state index in [2.05, 4.69) is 24.5 Å². The molecule has 2 aromatic rings. The summed E-state index contributed by atoms with van der Waals surface area (Å²) >= 11 is 12.9. The average Bonchev–Trinajstić information content (AvgIpc) is 2.93. The minimum Gasteiger partial charge on any atom is -0.357 e. The first-order valence-electron chi connectivity index (χ1n) is 11.8. The number of nitrogens with zero attached hydrogens (tertiary/aromatic N) is 1. The van der Waals surface area contributed by atoms with Gasteiger partial charge in [-0.15, -0.1) is 0 Å². The summed E-state index contributed by atoms with van der Waals surface area (Å²) in [6, 6.07) is 12.4. The van der Waals surface area contributed by atoms with E-state index in [0.29, 0.717) is 34.0 Å². The lowest BCUT2D eigenvalue weighted by molar-refractivity contribution is -0.126. The topological polar surface area (TPSA) is 79.9 Å². The molecule has 0 spiro atoms. The highest BCUT2D eigenvalue weighted by molar-refractivity contribution is 6.35. The number of anilines is 2. The molecule has 0 aromatic heterocycles. The summed E-state index contributed by atoms with van der Waals surface area (Å²) in [5, 5.41) is 7.32. The van der Waals surface area contributed by atoms with Crippen molar-refractivity contribution < 1.29 is 19.1 Å². The molecule has 0 bridgehead atoms. The molecule has 2 aliphatic rings. The van der Waals surface area contributed by atoms with Gasteiger partial charge < -0.3 is 25.0 Å². The molecule has 192 valence electrons. The van der Waals surface area contributed by atoms with Crippen molar-refractivity contribution in [1.29, 1.82) is 0 Å². The van der Waals surface area contributed by atoms with E-state index in [-0.39, 0.29) is 30.2 Å². The number of methoxy groups -OCH3 is 2. The lowest BCUT2D eigenvalue weighted by Crippen LogP contribution is -2.44. The van der Waals surface area contributed by atoms with E-state index in [0.717, 1.165) is 17.1 Å². The molecular formula is C27H31Cl2N3O4. The van der Waals surface area contributed by atoms with Crippen molar-refractivity contribution in [2.75, 3.05) is 37.5 Å². The van der Waals surface area contributed by atoms with Crippen LogP contribution in [-0.4, -0.2) is 45.3 Å². The second-order valence-electron chi connectivity index (χ2n) is 9.88. The SMILES string of the molecule is COC(CNC(=O)CN1c2ccccc2NC2=C(C(=O)CC(C)(C)C2)C1c1ccc(Cl)cc1Cl)OC. The van der Waals surface area contributed by atoms with E-state index in [1.807, 2.05) is 35.2 Å². The third-order valence-electron chi connectivity index (χ3n) is 6.57. The average molecular weight is 532 g/mol. The van der Waals surface area contributed by atoms with E-state index in [4.69, 9.17) is 32.7 Å². The molecule has 36 heavy (non-hydrogen) atoms. The number of ketones is 1. The van der Waals surface area contributed by atoms with E-state index in [1.54, 1.807) is 12.1 Å². The maximum absolute atomic E-state index is 13.7. The predicted octanol–water partition coefficient (Wildman–Crippen LogP) is 5.34. The smallest absolute Gasteiger partial charge is 0.239 e. The van der Waals surface area contributed by atoms with Crippen LogP contribution in [0.25, 0.3) is 0 Å². The van der Waals surface area contributed by atoms with Crippen LogP contribution in [-0.2, 0) is 19.1 Å². The highest BCUT2D eigenvalue weighted by atomic mass is 35.5. The van der Waals surface area contributed by atoms with Crippen LogP contribution in [0.15, 0.2) is 53.7 Å². The largest absolute Gasteiger partial charge is 0.357 e. The van der Waals surface area contributed by atoms with Gasteiger partial charge in [-0.2, -0.15) is 0 Å². The Morgan fingerprint density at radius 1 is 1.17 bits per heavy atom. The fourth-order valence-corrected chi connectivity index (χ4v) is 5.46. The summed E-state index contributed by atoms with van der Waals surface area (Å²) in [6.07, 6.45) is 0.521. The van der Waals surface area contributed by atoms with Gasteiger partial charge in [-0.25, -0.2) is 0 Å². The Morgan fingerprint density at radius 3 is 2.58 bits per heavy atom. The number of carbonyl (C=O) groups excluding carboxylic acids is 2. The van der Waals surface area contributed by atoms with Gasteiger partial charge in [0.1, 0.15) is 0 Å². The Kier molecular flexibility index (Phi) is 7.95. The quantitative estimate of drug-likeness (QED) is 0.469. The maximum atomic E-state index is 13.7.